The zero-order valence-electron chi connectivity index (χ0n) is 12.0. The normalized spacial score (nSPS) is 12.7. The summed E-state index contributed by atoms with van der Waals surface area (Å²) in [5.41, 5.74) is 1.56. The minimum Gasteiger partial charge on any atom is -0.467 e. The van der Waals surface area contributed by atoms with E-state index in [9.17, 15) is 9.59 Å². The maximum absolute atomic E-state index is 12.3. The van der Waals surface area contributed by atoms with Crippen LogP contribution in [0.4, 0.5) is 0 Å². The molecule has 0 spiro atoms. The molecule has 0 aromatic carbocycles. The third-order valence-corrected chi connectivity index (χ3v) is 4.16. The first-order valence-corrected chi connectivity index (χ1v) is 7.25. The molecule has 20 heavy (non-hydrogen) atoms. The van der Waals surface area contributed by atoms with Gasteiger partial charge in [-0.15, -0.1) is 11.3 Å². The van der Waals surface area contributed by atoms with Crippen molar-refractivity contribution in [1.29, 1.82) is 0 Å². The smallest absolute Gasteiger partial charge is 0.328 e. The fourth-order valence-corrected chi connectivity index (χ4v) is 2.96. The first-order valence-electron chi connectivity index (χ1n) is 6.37. The van der Waals surface area contributed by atoms with Crippen LogP contribution in [0.2, 0.25) is 0 Å². The van der Waals surface area contributed by atoms with Crippen LogP contribution in [0.25, 0.3) is 10.2 Å². The lowest BCUT2D eigenvalue weighted by Crippen LogP contribution is -2.45. The van der Waals surface area contributed by atoms with E-state index in [2.05, 4.69) is 5.32 Å². The Bertz CT molecular complexity index is 642. The Kier molecular flexibility index (Phi) is 4.13. The van der Waals surface area contributed by atoms with Gasteiger partial charge in [0.2, 0.25) is 0 Å². The van der Waals surface area contributed by atoms with Crippen LogP contribution in [-0.4, -0.2) is 29.6 Å². The second-order valence-corrected chi connectivity index (χ2v) is 5.92. The van der Waals surface area contributed by atoms with Gasteiger partial charge in [0.05, 0.1) is 17.3 Å². The summed E-state index contributed by atoms with van der Waals surface area (Å²) >= 11 is 1.58. The molecule has 1 amide bonds. The number of fused-ring (bicyclic) bond motifs is 1. The molecule has 2 heterocycles. The number of rotatable bonds is 4. The number of nitrogens with one attached hydrogen (secondary N) is 1. The summed E-state index contributed by atoms with van der Waals surface area (Å²) in [7, 11) is 3.16. The monoisotopic (exact) mass is 294 g/mol. The number of carbonyl (C=O) groups excluding carboxylic acids is 2. The summed E-state index contributed by atoms with van der Waals surface area (Å²) in [5, 5.41) is 4.73. The first kappa shape index (κ1) is 14.6. The molecule has 1 atom stereocenters. The maximum Gasteiger partial charge on any atom is 0.328 e. The minimum absolute atomic E-state index is 0.0345. The van der Waals surface area contributed by atoms with Crippen molar-refractivity contribution in [1.82, 2.24) is 9.88 Å². The second kappa shape index (κ2) is 5.66. The molecule has 2 rings (SSSR count). The number of ether oxygens (including phenoxy) is 1. The van der Waals surface area contributed by atoms with Gasteiger partial charge in [0.1, 0.15) is 11.7 Å². The van der Waals surface area contributed by atoms with Gasteiger partial charge in [-0.05, 0) is 23.4 Å². The number of esters is 1. The van der Waals surface area contributed by atoms with Crippen molar-refractivity contribution < 1.29 is 14.3 Å². The Hall–Kier alpha value is -1.82. The van der Waals surface area contributed by atoms with E-state index in [0.717, 1.165) is 10.2 Å². The molecule has 0 fully saturated rings. The highest BCUT2D eigenvalue weighted by Gasteiger charge is 2.26. The van der Waals surface area contributed by atoms with Crippen molar-refractivity contribution in [2.45, 2.75) is 19.9 Å². The molecule has 1 unspecified atom stereocenters. The molecule has 0 aliphatic rings. The van der Waals surface area contributed by atoms with Gasteiger partial charge in [-0.2, -0.15) is 0 Å². The van der Waals surface area contributed by atoms with Crippen LogP contribution in [-0.2, 0) is 16.6 Å². The van der Waals surface area contributed by atoms with Crippen molar-refractivity contribution >= 4 is 33.4 Å². The Balaban J connectivity index is 2.24. The summed E-state index contributed by atoms with van der Waals surface area (Å²) < 4.78 is 7.61. The number of amides is 1. The lowest BCUT2D eigenvalue weighted by Gasteiger charge is -2.19. The highest BCUT2D eigenvalue weighted by molar-refractivity contribution is 7.17. The Labute approximate surface area is 121 Å². The molecule has 2 aromatic rings. The summed E-state index contributed by atoms with van der Waals surface area (Å²) in [5.74, 6) is -0.725. The van der Waals surface area contributed by atoms with Crippen LogP contribution in [0, 0.1) is 5.92 Å². The molecule has 0 aliphatic heterocycles. The van der Waals surface area contributed by atoms with Crippen LogP contribution in [0.3, 0.4) is 0 Å². The van der Waals surface area contributed by atoms with E-state index >= 15 is 0 Å². The number of carbonyl (C=O) groups is 2. The summed E-state index contributed by atoms with van der Waals surface area (Å²) in [6.45, 7) is 3.73. The molecule has 5 nitrogen and oxygen atoms in total. The minimum atomic E-state index is -0.638. The highest BCUT2D eigenvalue weighted by Crippen LogP contribution is 2.24. The molecule has 0 saturated heterocycles. The van der Waals surface area contributed by atoms with Crippen LogP contribution in [0.1, 0.15) is 24.3 Å². The largest absolute Gasteiger partial charge is 0.467 e. The van der Waals surface area contributed by atoms with Gasteiger partial charge < -0.3 is 14.6 Å². The lowest BCUT2D eigenvalue weighted by atomic mass is 10.0. The van der Waals surface area contributed by atoms with Crippen molar-refractivity contribution in [3.8, 4) is 0 Å². The van der Waals surface area contributed by atoms with Gasteiger partial charge >= 0.3 is 5.97 Å². The fraction of sp³-hybridized carbons (Fsp3) is 0.429. The lowest BCUT2D eigenvalue weighted by molar-refractivity contribution is -0.144. The molecule has 6 heteroatoms. The summed E-state index contributed by atoms with van der Waals surface area (Å²) in [6, 6.07) is 3.17. The number of methoxy groups -OCH3 is 1. The van der Waals surface area contributed by atoms with Crippen LogP contribution < -0.4 is 5.32 Å². The van der Waals surface area contributed by atoms with Gasteiger partial charge in [-0.3, -0.25) is 4.79 Å². The number of hydrogen-bond donors (Lipinski definition) is 1. The van der Waals surface area contributed by atoms with Gasteiger partial charge in [-0.1, -0.05) is 13.8 Å². The predicted octanol–water partition coefficient (Wildman–Crippen LogP) is 2.17. The standard InChI is InChI=1S/C14H18N2O3S/c1-8(2)12(14(18)19-4)15-13(17)10-7-11-9(16(10)3)5-6-20-11/h5-8,12H,1-4H3,(H,15,17). The molecule has 2 aromatic heterocycles. The zero-order chi connectivity index (χ0) is 14.9. The topological polar surface area (TPSA) is 60.3 Å². The van der Waals surface area contributed by atoms with Crippen molar-refractivity contribution in [3.63, 3.8) is 0 Å². The third-order valence-electron chi connectivity index (χ3n) is 3.30. The van der Waals surface area contributed by atoms with E-state index in [1.54, 1.807) is 11.3 Å². The number of nitrogens with zero attached hydrogens (tertiary/aromatic N) is 1. The van der Waals surface area contributed by atoms with E-state index < -0.39 is 12.0 Å². The molecule has 0 radical (unpaired) electrons. The van der Waals surface area contributed by atoms with E-state index in [1.807, 2.05) is 43.0 Å². The zero-order valence-corrected chi connectivity index (χ0v) is 12.8. The van der Waals surface area contributed by atoms with Crippen LogP contribution >= 0.6 is 11.3 Å². The molecule has 0 aliphatic carbocycles. The van der Waals surface area contributed by atoms with Gasteiger partial charge in [0.25, 0.3) is 5.91 Å². The Morgan fingerprint density at radius 3 is 2.65 bits per heavy atom. The molecule has 108 valence electrons. The van der Waals surface area contributed by atoms with Gasteiger partial charge in [0, 0.05) is 7.05 Å². The van der Waals surface area contributed by atoms with E-state index in [-0.39, 0.29) is 11.8 Å². The molecule has 0 bridgehead atoms. The number of aromatic nitrogens is 1. The van der Waals surface area contributed by atoms with Crippen LogP contribution in [0.15, 0.2) is 17.5 Å². The van der Waals surface area contributed by atoms with Gasteiger partial charge in [0.15, 0.2) is 0 Å². The average molecular weight is 294 g/mol. The highest BCUT2D eigenvalue weighted by atomic mass is 32.1. The molecular formula is C14H18N2O3S. The summed E-state index contributed by atoms with van der Waals surface area (Å²) in [4.78, 5) is 24.0. The third kappa shape index (κ3) is 2.56. The first-order chi connectivity index (χ1) is 9.45. The van der Waals surface area contributed by atoms with E-state index in [1.165, 1.54) is 7.11 Å². The molecular weight excluding hydrogens is 276 g/mol. The molecule has 1 N–H and O–H groups in total. The van der Waals surface area contributed by atoms with E-state index in [0.29, 0.717) is 5.69 Å². The average Bonchev–Trinajstić information content (AvgIpc) is 2.98. The Morgan fingerprint density at radius 1 is 1.40 bits per heavy atom. The van der Waals surface area contributed by atoms with Gasteiger partial charge in [-0.25, -0.2) is 4.79 Å². The number of thiophene rings is 1. The van der Waals surface area contributed by atoms with Crippen molar-refractivity contribution in [2.24, 2.45) is 13.0 Å². The van der Waals surface area contributed by atoms with Crippen LogP contribution in [0.5, 0.6) is 0 Å². The number of hydrogen-bond acceptors (Lipinski definition) is 4. The Morgan fingerprint density at radius 2 is 2.10 bits per heavy atom. The SMILES string of the molecule is COC(=O)C(NC(=O)c1cc2sccc2n1C)C(C)C. The maximum atomic E-state index is 12.3. The second-order valence-electron chi connectivity index (χ2n) is 4.98. The molecule has 0 saturated carbocycles. The number of aryl methyl sites for hydroxylation is 1. The summed E-state index contributed by atoms with van der Waals surface area (Å²) in [6.07, 6.45) is 0. The van der Waals surface area contributed by atoms with Crippen molar-refractivity contribution in [2.75, 3.05) is 7.11 Å². The quantitative estimate of drug-likeness (QED) is 0.879. The fourth-order valence-electron chi connectivity index (χ4n) is 2.11. The van der Waals surface area contributed by atoms with Crippen molar-refractivity contribution in [3.05, 3.63) is 23.2 Å². The predicted molar refractivity (Wildman–Crippen MR) is 78.9 cm³/mol. The van der Waals surface area contributed by atoms with E-state index in [4.69, 9.17) is 4.74 Å².